The third kappa shape index (κ3) is 2.97. The number of fused-ring (bicyclic) bond motifs is 4. The van der Waals surface area contributed by atoms with E-state index in [2.05, 4.69) is 44.4 Å². The summed E-state index contributed by atoms with van der Waals surface area (Å²) >= 11 is 0. The molecule has 6 rings (SSSR count). The number of nitrogens with one attached hydrogen (secondary N) is 2. The van der Waals surface area contributed by atoms with Gasteiger partial charge in [0.05, 0.1) is 6.42 Å². The Labute approximate surface area is 174 Å². The van der Waals surface area contributed by atoms with Crippen LogP contribution in [0.1, 0.15) is 5.56 Å². The molecular formula is C23H24N4O3. The van der Waals surface area contributed by atoms with Gasteiger partial charge in [0.2, 0.25) is 5.91 Å². The van der Waals surface area contributed by atoms with Crippen LogP contribution < -0.4 is 19.7 Å². The number of aromatic amines is 1. The fourth-order valence-electron chi connectivity index (χ4n) is 4.77. The summed E-state index contributed by atoms with van der Waals surface area (Å²) in [5, 5.41) is 4.16. The first kappa shape index (κ1) is 17.7. The summed E-state index contributed by atoms with van der Waals surface area (Å²) in [6, 6.07) is 12.4. The smallest absolute Gasteiger partial charge is 0.229 e. The predicted octanol–water partition coefficient (Wildman–Crippen LogP) is 2.62. The van der Waals surface area contributed by atoms with Crippen molar-refractivity contribution in [2.24, 2.45) is 0 Å². The number of rotatable bonds is 3. The molecule has 0 bridgehead atoms. The van der Waals surface area contributed by atoms with E-state index in [9.17, 15) is 4.79 Å². The van der Waals surface area contributed by atoms with Crippen LogP contribution in [0.4, 0.5) is 11.4 Å². The van der Waals surface area contributed by atoms with Crippen molar-refractivity contribution in [2.75, 3.05) is 49.5 Å². The van der Waals surface area contributed by atoms with Gasteiger partial charge in [-0.1, -0.05) is 6.07 Å². The van der Waals surface area contributed by atoms with Gasteiger partial charge in [0, 0.05) is 66.8 Å². The zero-order valence-electron chi connectivity index (χ0n) is 16.7. The van der Waals surface area contributed by atoms with E-state index in [0.29, 0.717) is 13.0 Å². The number of hydrogen-bond acceptors (Lipinski definition) is 5. The number of benzene rings is 2. The van der Waals surface area contributed by atoms with Crippen LogP contribution in [0, 0.1) is 0 Å². The summed E-state index contributed by atoms with van der Waals surface area (Å²) in [7, 11) is 0. The van der Waals surface area contributed by atoms with Gasteiger partial charge in [-0.15, -0.1) is 0 Å². The van der Waals surface area contributed by atoms with Crippen LogP contribution in [-0.2, 0) is 11.2 Å². The van der Waals surface area contributed by atoms with Gasteiger partial charge < -0.3 is 24.7 Å². The summed E-state index contributed by atoms with van der Waals surface area (Å²) in [4.78, 5) is 20.0. The maximum absolute atomic E-state index is 11.8. The summed E-state index contributed by atoms with van der Waals surface area (Å²) in [6.07, 6.45) is 2.33. The number of anilines is 2. The van der Waals surface area contributed by atoms with E-state index in [0.717, 1.165) is 55.5 Å². The first-order chi connectivity index (χ1) is 14.7. The molecule has 7 heteroatoms. The molecule has 1 fully saturated rings. The molecular weight excluding hydrogens is 380 g/mol. The molecule has 0 aliphatic carbocycles. The first-order valence-corrected chi connectivity index (χ1v) is 10.5. The van der Waals surface area contributed by atoms with Gasteiger partial charge in [-0.05, 0) is 30.3 Å². The summed E-state index contributed by atoms with van der Waals surface area (Å²) < 4.78 is 12.3. The fraction of sp³-hybridized carbons (Fsp3) is 0.348. The Balaban J connectivity index is 1.11. The van der Waals surface area contributed by atoms with E-state index >= 15 is 0 Å². The number of carbonyl (C=O) groups excluding carboxylic acids is 1. The van der Waals surface area contributed by atoms with Crippen molar-refractivity contribution in [1.82, 2.24) is 9.88 Å². The lowest BCUT2D eigenvalue weighted by atomic mass is 10.1. The summed E-state index contributed by atoms with van der Waals surface area (Å²) in [5.74, 6) is 1.49. The molecule has 3 aliphatic heterocycles. The predicted molar refractivity (Wildman–Crippen MR) is 116 cm³/mol. The lowest BCUT2D eigenvalue weighted by Gasteiger charge is -2.38. The number of aromatic nitrogens is 1. The van der Waals surface area contributed by atoms with Crippen molar-refractivity contribution in [2.45, 2.75) is 12.5 Å². The van der Waals surface area contributed by atoms with Crippen LogP contribution in [0.5, 0.6) is 11.5 Å². The van der Waals surface area contributed by atoms with Gasteiger partial charge in [-0.2, -0.15) is 0 Å². The van der Waals surface area contributed by atoms with Crippen LogP contribution in [-0.4, -0.2) is 61.2 Å². The number of carbonyl (C=O) groups is 1. The summed E-state index contributed by atoms with van der Waals surface area (Å²) in [5.41, 5.74) is 4.25. The molecule has 30 heavy (non-hydrogen) atoms. The van der Waals surface area contributed by atoms with Crippen molar-refractivity contribution >= 4 is 28.2 Å². The van der Waals surface area contributed by atoms with Gasteiger partial charge in [0.15, 0.2) is 11.5 Å². The topological polar surface area (TPSA) is 69.8 Å². The number of H-pyrrole nitrogens is 1. The van der Waals surface area contributed by atoms with Crippen molar-refractivity contribution in [3.05, 3.63) is 48.2 Å². The molecule has 1 atom stereocenters. The highest BCUT2D eigenvalue weighted by atomic mass is 16.6. The molecule has 7 nitrogen and oxygen atoms in total. The van der Waals surface area contributed by atoms with Crippen molar-refractivity contribution < 1.29 is 14.3 Å². The molecule has 1 unspecified atom stereocenters. The van der Waals surface area contributed by atoms with E-state index in [4.69, 9.17) is 9.47 Å². The molecule has 1 saturated heterocycles. The molecule has 154 valence electrons. The zero-order valence-corrected chi connectivity index (χ0v) is 16.7. The highest BCUT2D eigenvalue weighted by Gasteiger charge is 2.31. The second kappa shape index (κ2) is 6.95. The van der Waals surface area contributed by atoms with E-state index in [1.807, 2.05) is 18.3 Å². The molecule has 1 aromatic heterocycles. The first-order valence-electron chi connectivity index (χ1n) is 10.5. The molecule has 0 spiro atoms. The van der Waals surface area contributed by atoms with Gasteiger partial charge in [0.25, 0.3) is 0 Å². The molecule has 3 aliphatic rings. The SMILES string of the molecule is O=C1Cc2c(ccc3c2OC(CN2CCN(c4cccc5[nH]ccc45)CC2)CO3)N1. The van der Waals surface area contributed by atoms with Gasteiger partial charge in [-0.3, -0.25) is 9.69 Å². The monoisotopic (exact) mass is 404 g/mol. The number of nitrogens with zero attached hydrogens (tertiary/aromatic N) is 2. The van der Waals surface area contributed by atoms with Crippen LogP contribution in [0.15, 0.2) is 42.6 Å². The third-order valence-corrected chi connectivity index (χ3v) is 6.29. The van der Waals surface area contributed by atoms with E-state index < -0.39 is 0 Å². The summed E-state index contributed by atoms with van der Waals surface area (Å²) in [6.45, 7) is 5.31. The quantitative estimate of drug-likeness (QED) is 0.702. The zero-order chi connectivity index (χ0) is 20.1. The second-order valence-corrected chi connectivity index (χ2v) is 8.20. The Kier molecular flexibility index (Phi) is 4.09. The highest BCUT2D eigenvalue weighted by molar-refractivity contribution is 6.00. The molecule has 3 aromatic rings. The number of piperazine rings is 1. The van der Waals surface area contributed by atoms with E-state index in [1.54, 1.807) is 0 Å². The normalized spacial score (nSPS) is 21.0. The standard InChI is InChI=1S/C23H24N4O3/c28-22-12-17-19(25-22)4-5-21-23(17)30-15(14-29-21)13-26-8-10-27(11-9-26)20-3-1-2-18-16(20)6-7-24-18/h1-7,15,24H,8-14H2,(H,25,28). The lowest BCUT2D eigenvalue weighted by Crippen LogP contribution is -2.50. The Hall–Kier alpha value is -3.19. The minimum Gasteiger partial charge on any atom is -0.486 e. The van der Waals surface area contributed by atoms with E-state index in [1.165, 1.54) is 16.6 Å². The van der Waals surface area contributed by atoms with Crippen molar-refractivity contribution in [3.63, 3.8) is 0 Å². The highest BCUT2D eigenvalue weighted by Crippen LogP contribution is 2.42. The molecule has 4 heterocycles. The Morgan fingerprint density at radius 2 is 1.97 bits per heavy atom. The van der Waals surface area contributed by atoms with Gasteiger partial charge >= 0.3 is 0 Å². The largest absolute Gasteiger partial charge is 0.486 e. The molecule has 2 aromatic carbocycles. The van der Waals surface area contributed by atoms with Crippen LogP contribution in [0.25, 0.3) is 10.9 Å². The maximum Gasteiger partial charge on any atom is 0.229 e. The van der Waals surface area contributed by atoms with Gasteiger partial charge in [0.1, 0.15) is 12.7 Å². The average Bonchev–Trinajstić information content (AvgIpc) is 3.40. The number of ether oxygens (including phenoxy) is 2. The van der Waals surface area contributed by atoms with Gasteiger partial charge in [-0.25, -0.2) is 0 Å². The molecule has 0 radical (unpaired) electrons. The molecule has 0 saturated carbocycles. The van der Waals surface area contributed by atoms with Crippen LogP contribution in [0.2, 0.25) is 0 Å². The molecule has 2 N–H and O–H groups in total. The number of amides is 1. The minimum absolute atomic E-state index is 0.0117. The maximum atomic E-state index is 11.8. The Morgan fingerprint density at radius 3 is 2.87 bits per heavy atom. The minimum atomic E-state index is -0.0284. The fourth-order valence-corrected chi connectivity index (χ4v) is 4.77. The number of hydrogen-bond donors (Lipinski definition) is 2. The van der Waals surface area contributed by atoms with Crippen LogP contribution >= 0.6 is 0 Å². The van der Waals surface area contributed by atoms with E-state index in [-0.39, 0.29) is 12.0 Å². The van der Waals surface area contributed by atoms with Crippen LogP contribution in [0.3, 0.4) is 0 Å². The Bertz CT molecular complexity index is 1120. The lowest BCUT2D eigenvalue weighted by molar-refractivity contribution is -0.115. The third-order valence-electron chi connectivity index (χ3n) is 6.29. The van der Waals surface area contributed by atoms with Crippen molar-refractivity contribution in [3.8, 4) is 11.5 Å². The Morgan fingerprint density at radius 1 is 1.07 bits per heavy atom. The average molecular weight is 404 g/mol. The second-order valence-electron chi connectivity index (χ2n) is 8.20. The van der Waals surface area contributed by atoms with Crippen molar-refractivity contribution in [1.29, 1.82) is 0 Å². The molecule has 1 amide bonds.